The average molecular weight is 326 g/mol. The summed E-state index contributed by atoms with van der Waals surface area (Å²) >= 11 is 0. The molecule has 0 spiro atoms. The molecule has 2 aliphatic heterocycles. The van der Waals surface area contributed by atoms with Gasteiger partial charge in [0.25, 0.3) is 5.91 Å². The van der Waals surface area contributed by atoms with Crippen LogP contribution in [0.25, 0.3) is 0 Å². The van der Waals surface area contributed by atoms with Crippen LogP contribution < -0.4 is 20.3 Å². The summed E-state index contributed by atoms with van der Waals surface area (Å²) in [6.45, 7) is 4.27. The van der Waals surface area contributed by atoms with E-state index in [0.717, 1.165) is 13.1 Å². The lowest BCUT2D eigenvalue weighted by atomic mass is 10.0. The Bertz CT molecular complexity index is 563. The molecule has 2 amide bonds. The van der Waals surface area contributed by atoms with Crippen LogP contribution in [0.4, 0.5) is 5.69 Å². The van der Waals surface area contributed by atoms with Crippen molar-refractivity contribution in [2.75, 3.05) is 31.1 Å². The molecule has 0 saturated carbocycles. The van der Waals surface area contributed by atoms with Gasteiger partial charge in [-0.05, 0) is 19.1 Å². The Labute approximate surface area is 135 Å². The molecule has 2 aliphatic rings. The predicted octanol–water partition coefficient (Wildman–Crippen LogP) is 0.558. The Hall–Kier alpha value is -1.79. The molecule has 3 rings (SSSR count). The number of rotatable bonds is 4. The van der Waals surface area contributed by atoms with Gasteiger partial charge in [0.15, 0.2) is 6.10 Å². The van der Waals surface area contributed by atoms with Crippen molar-refractivity contribution in [2.24, 2.45) is 5.92 Å². The van der Waals surface area contributed by atoms with E-state index in [2.05, 4.69) is 10.6 Å². The molecule has 22 heavy (non-hydrogen) atoms. The first kappa shape index (κ1) is 16.6. The van der Waals surface area contributed by atoms with Gasteiger partial charge in [0.1, 0.15) is 12.3 Å². The van der Waals surface area contributed by atoms with E-state index >= 15 is 0 Å². The van der Waals surface area contributed by atoms with Crippen molar-refractivity contribution in [2.45, 2.75) is 13.0 Å². The number of nitrogens with one attached hydrogen (secondary N) is 2. The average Bonchev–Trinajstić information content (AvgIpc) is 2.42. The van der Waals surface area contributed by atoms with Crippen LogP contribution in [-0.4, -0.2) is 44.1 Å². The topological polar surface area (TPSA) is 70.7 Å². The van der Waals surface area contributed by atoms with Crippen molar-refractivity contribution in [3.8, 4) is 5.75 Å². The third-order valence-corrected chi connectivity index (χ3v) is 3.83. The molecule has 0 bridgehead atoms. The number of carbonyl (C=O) groups excluding carboxylic acids is 2. The van der Waals surface area contributed by atoms with Crippen LogP contribution in [0.15, 0.2) is 24.3 Å². The van der Waals surface area contributed by atoms with Gasteiger partial charge in [-0.15, -0.1) is 12.4 Å². The Morgan fingerprint density at radius 1 is 1.41 bits per heavy atom. The molecule has 0 aliphatic carbocycles. The van der Waals surface area contributed by atoms with Crippen LogP contribution in [0.5, 0.6) is 5.75 Å². The summed E-state index contributed by atoms with van der Waals surface area (Å²) in [4.78, 5) is 25.8. The summed E-state index contributed by atoms with van der Waals surface area (Å²) in [6, 6.07) is 7.28. The van der Waals surface area contributed by atoms with Crippen LogP contribution in [0.3, 0.4) is 0 Å². The number of fused-ring (bicyclic) bond motifs is 1. The van der Waals surface area contributed by atoms with E-state index in [4.69, 9.17) is 4.74 Å². The molecule has 1 aromatic rings. The molecule has 1 atom stereocenters. The van der Waals surface area contributed by atoms with Crippen LogP contribution in [0.1, 0.15) is 6.92 Å². The fourth-order valence-corrected chi connectivity index (χ4v) is 2.47. The Kier molecular flexibility index (Phi) is 5.26. The van der Waals surface area contributed by atoms with Gasteiger partial charge in [-0.2, -0.15) is 0 Å². The molecular weight excluding hydrogens is 306 g/mol. The lowest BCUT2D eigenvalue weighted by Gasteiger charge is -2.33. The third kappa shape index (κ3) is 3.34. The fraction of sp³-hybridized carbons (Fsp3) is 0.467. The van der Waals surface area contributed by atoms with E-state index in [0.29, 0.717) is 23.9 Å². The van der Waals surface area contributed by atoms with Crippen LogP contribution in [-0.2, 0) is 9.59 Å². The highest BCUT2D eigenvalue weighted by Gasteiger charge is 2.32. The highest BCUT2D eigenvalue weighted by molar-refractivity contribution is 6.03. The smallest absolute Gasteiger partial charge is 0.268 e. The molecular formula is C15H20ClN3O3. The number of amides is 2. The van der Waals surface area contributed by atoms with E-state index in [1.54, 1.807) is 13.0 Å². The van der Waals surface area contributed by atoms with E-state index in [9.17, 15) is 9.59 Å². The Morgan fingerprint density at radius 3 is 2.82 bits per heavy atom. The zero-order valence-corrected chi connectivity index (χ0v) is 13.2. The number of hydrogen-bond donors (Lipinski definition) is 2. The van der Waals surface area contributed by atoms with Gasteiger partial charge in [-0.3, -0.25) is 14.5 Å². The molecule has 0 aromatic heterocycles. The largest absolute Gasteiger partial charge is 0.479 e. The van der Waals surface area contributed by atoms with Gasteiger partial charge in [0.05, 0.1) is 5.69 Å². The minimum atomic E-state index is -0.566. The quantitative estimate of drug-likeness (QED) is 0.848. The standard InChI is InChI=1S/C15H19N3O3.ClH/c1-10-15(20)18(12-4-2-3-5-13(12)21-10)9-14(19)17-8-11-6-16-7-11;/h2-5,10-11,16H,6-9H2,1H3,(H,17,19);1H. The Balaban J connectivity index is 0.00000176. The van der Waals surface area contributed by atoms with Gasteiger partial charge in [0, 0.05) is 25.6 Å². The fourth-order valence-electron chi connectivity index (χ4n) is 2.47. The maximum atomic E-state index is 12.2. The number of anilines is 1. The summed E-state index contributed by atoms with van der Waals surface area (Å²) in [5.41, 5.74) is 0.654. The highest BCUT2D eigenvalue weighted by Crippen LogP contribution is 2.33. The molecule has 2 heterocycles. The first-order valence-corrected chi connectivity index (χ1v) is 7.19. The van der Waals surface area contributed by atoms with E-state index in [1.807, 2.05) is 18.2 Å². The van der Waals surface area contributed by atoms with Gasteiger partial charge in [-0.1, -0.05) is 12.1 Å². The predicted molar refractivity (Wildman–Crippen MR) is 85.5 cm³/mol. The first-order chi connectivity index (χ1) is 10.1. The zero-order chi connectivity index (χ0) is 14.8. The number of carbonyl (C=O) groups is 2. The third-order valence-electron chi connectivity index (χ3n) is 3.83. The first-order valence-electron chi connectivity index (χ1n) is 7.19. The molecule has 2 N–H and O–H groups in total. The molecule has 7 heteroatoms. The van der Waals surface area contributed by atoms with E-state index in [1.165, 1.54) is 4.90 Å². The molecule has 1 saturated heterocycles. The minimum Gasteiger partial charge on any atom is -0.479 e. The molecule has 1 unspecified atom stereocenters. The second kappa shape index (κ2) is 6.98. The maximum absolute atomic E-state index is 12.2. The summed E-state index contributed by atoms with van der Waals surface area (Å²) in [6.07, 6.45) is -0.566. The molecule has 120 valence electrons. The second-order valence-corrected chi connectivity index (χ2v) is 5.48. The second-order valence-electron chi connectivity index (χ2n) is 5.48. The zero-order valence-electron chi connectivity index (χ0n) is 12.4. The maximum Gasteiger partial charge on any atom is 0.268 e. The normalized spacial score (nSPS) is 20.3. The van der Waals surface area contributed by atoms with Crippen molar-refractivity contribution in [1.82, 2.24) is 10.6 Å². The number of benzene rings is 1. The van der Waals surface area contributed by atoms with E-state index < -0.39 is 6.10 Å². The van der Waals surface area contributed by atoms with Crippen LogP contribution >= 0.6 is 12.4 Å². The minimum absolute atomic E-state index is 0. The van der Waals surface area contributed by atoms with E-state index in [-0.39, 0.29) is 30.8 Å². The lowest BCUT2D eigenvalue weighted by molar-refractivity contribution is -0.128. The summed E-state index contributed by atoms with van der Waals surface area (Å²) in [5.74, 6) is 0.814. The molecule has 6 nitrogen and oxygen atoms in total. The molecule has 0 radical (unpaired) electrons. The lowest BCUT2D eigenvalue weighted by Crippen LogP contribution is -2.52. The summed E-state index contributed by atoms with van der Waals surface area (Å²) < 4.78 is 5.55. The number of nitrogens with zero attached hydrogens (tertiary/aromatic N) is 1. The number of halogens is 1. The van der Waals surface area contributed by atoms with Crippen LogP contribution in [0.2, 0.25) is 0 Å². The van der Waals surface area contributed by atoms with Crippen LogP contribution in [0, 0.1) is 5.92 Å². The van der Waals surface area contributed by atoms with Gasteiger partial charge < -0.3 is 15.4 Å². The SMILES string of the molecule is CC1Oc2ccccc2N(CC(=O)NCC2CNC2)C1=O.Cl. The van der Waals surface area contributed by atoms with Gasteiger partial charge in [-0.25, -0.2) is 0 Å². The highest BCUT2D eigenvalue weighted by atomic mass is 35.5. The van der Waals surface area contributed by atoms with Crippen molar-refractivity contribution in [3.63, 3.8) is 0 Å². The summed E-state index contributed by atoms with van der Waals surface area (Å²) in [5, 5.41) is 6.04. The summed E-state index contributed by atoms with van der Waals surface area (Å²) in [7, 11) is 0. The molecule has 1 fully saturated rings. The Morgan fingerprint density at radius 2 is 2.14 bits per heavy atom. The number of hydrogen-bond acceptors (Lipinski definition) is 4. The van der Waals surface area contributed by atoms with Crippen molar-refractivity contribution < 1.29 is 14.3 Å². The monoisotopic (exact) mass is 325 g/mol. The van der Waals surface area contributed by atoms with Crippen molar-refractivity contribution in [1.29, 1.82) is 0 Å². The number of para-hydroxylation sites is 2. The van der Waals surface area contributed by atoms with Crippen molar-refractivity contribution >= 4 is 29.9 Å². The van der Waals surface area contributed by atoms with Gasteiger partial charge >= 0.3 is 0 Å². The van der Waals surface area contributed by atoms with Crippen molar-refractivity contribution in [3.05, 3.63) is 24.3 Å². The van der Waals surface area contributed by atoms with Gasteiger partial charge in [0.2, 0.25) is 5.91 Å². The molecule has 1 aromatic carbocycles. The number of ether oxygens (including phenoxy) is 1.